The molecule has 0 aliphatic carbocycles. The summed E-state index contributed by atoms with van der Waals surface area (Å²) in [4.78, 5) is 0. The molecule has 0 nitrogen and oxygen atoms in total. The van der Waals surface area contributed by atoms with E-state index in [1.807, 2.05) is 0 Å². The first-order valence-corrected chi connectivity index (χ1v) is 7.50. The molecule has 0 bridgehead atoms. The molecule has 0 aliphatic heterocycles. The van der Waals surface area contributed by atoms with E-state index < -0.39 is 11.2 Å². The van der Waals surface area contributed by atoms with Gasteiger partial charge in [0, 0.05) is 10.0 Å². The molecular weight excluding hydrogens is 397 g/mol. The van der Waals surface area contributed by atoms with Crippen molar-refractivity contribution in [1.29, 1.82) is 0 Å². The van der Waals surface area contributed by atoms with Gasteiger partial charge in [-0.15, -0.1) is 11.6 Å². The third-order valence-electron chi connectivity index (χ3n) is 2.57. The fourth-order valence-electron chi connectivity index (χ4n) is 1.62. The van der Waals surface area contributed by atoms with Crippen LogP contribution in [-0.2, 0) is 0 Å². The third-order valence-corrected chi connectivity index (χ3v) is 5.07. The summed E-state index contributed by atoms with van der Waals surface area (Å²) < 4.78 is 14.4. The van der Waals surface area contributed by atoms with Gasteiger partial charge in [0.25, 0.3) is 0 Å². The molecule has 0 aromatic heterocycles. The van der Waals surface area contributed by atoms with Gasteiger partial charge >= 0.3 is 0 Å². The van der Waals surface area contributed by atoms with Gasteiger partial charge in [0.2, 0.25) is 0 Å². The lowest BCUT2D eigenvalue weighted by atomic mass is 10.0. The molecule has 0 radical (unpaired) electrons. The summed E-state index contributed by atoms with van der Waals surface area (Å²) in [5.74, 6) is -0.465. The molecule has 1 unspecified atom stereocenters. The van der Waals surface area contributed by atoms with Crippen LogP contribution in [0.1, 0.15) is 16.5 Å². The maximum atomic E-state index is 13.9. The molecule has 0 N–H and O–H groups in total. The fourth-order valence-corrected chi connectivity index (χ4v) is 2.93. The van der Waals surface area contributed by atoms with Gasteiger partial charge in [0.1, 0.15) is 5.82 Å². The average molecular weight is 403 g/mol. The van der Waals surface area contributed by atoms with E-state index in [9.17, 15) is 4.39 Å². The molecule has 0 amide bonds. The smallest absolute Gasteiger partial charge is 0.129 e. The van der Waals surface area contributed by atoms with Crippen molar-refractivity contribution in [2.75, 3.05) is 0 Å². The standard InChI is InChI=1S/C13H6BrCl4F/c14-8-5-11(19)7(4-10(8)16)12(17)6-2-1-3-9(15)13(6)18/h1-5,12H. The minimum Gasteiger partial charge on any atom is -0.207 e. The summed E-state index contributed by atoms with van der Waals surface area (Å²) in [6.45, 7) is 0. The van der Waals surface area contributed by atoms with E-state index in [4.69, 9.17) is 46.4 Å². The van der Waals surface area contributed by atoms with Crippen LogP contribution in [0.3, 0.4) is 0 Å². The van der Waals surface area contributed by atoms with Crippen molar-refractivity contribution >= 4 is 62.3 Å². The third kappa shape index (κ3) is 3.20. The van der Waals surface area contributed by atoms with Gasteiger partial charge in [-0.25, -0.2) is 4.39 Å². The maximum absolute atomic E-state index is 13.9. The topological polar surface area (TPSA) is 0 Å². The first-order chi connectivity index (χ1) is 8.91. The summed E-state index contributed by atoms with van der Waals surface area (Å²) in [7, 11) is 0. The summed E-state index contributed by atoms with van der Waals surface area (Å²) >= 11 is 27.4. The molecule has 0 aliphatic rings. The molecule has 100 valence electrons. The SMILES string of the molecule is Fc1cc(Br)c(Cl)cc1C(Cl)c1cccc(Cl)c1Cl. The Morgan fingerprint density at radius 1 is 1.00 bits per heavy atom. The van der Waals surface area contributed by atoms with E-state index in [1.165, 1.54) is 12.1 Å². The summed E-state index contributed by atoms with van der Waals surface area (Å²) in [6.07, 6.45) is 0. The van der Waals surface area contributed by atoms with Crippen LogP contribution in [-0.4, -0.2) is 0 Å². The molecule has 0 heterocycles. The monoisotopic (exact) mass is 400 g/mol. The molecule has 1 atom stereocenters. The zero-order valence-electron chi connectivity index (χ0n) is 9.23. The number of benzene rings is 2. The highest BCUT2D eigenvalue weighted by Gasteiger charge is 2.20. The molecule has 2 aromatic carbocycles. The number of hydrogen-bond donors (Lipinski definition) is 0. The second kappa shape index (κ2) is 6.19. The molecule has 2 rings (SSSR count). The van der Waals surface area contributed by atoms with E-state index in [0.717, 1.165) is 0 Å². The highest BCUT2D eigenvalue weighted by atomic mass is 79.9. The van der Waals surface area contributed by atoms with Gasteiger partial charge in [-0.1, -0.05) is 46.9 Å². The van der Waals surface area contributed by atoms with Crippen LogP contribution in [0.2, 0.25) is 15.1 Å². The van der Waals surface area contributed by atoms with Crippen LogP contribution in [0.15, 0.2) is 34.8 Å². The highest BCUT2D eigenvalue weighted by Crippen LogP contribution is 2.39. The second-order valence-electron chi connectivity index (χ2n) is 3.79. The van der Waals surface area contributed by atoms with Crippen molar-refractivity contribution in [1.82, 2.24) is 0 Å². The van der Waals surface area contributed by atoms with Crippen molar-refractivity contribution in [2.45, 2.75) is 5.38 Å². The maximum Gasteiger partial charge on any atom is 0.129 e. The molecule has 0 saturated carbocycles. The van der Waals surface area contributed by atoms with Gasteiger partial charge in [0.15, 0.2) is 0 Å². The van der Waals surface area contributed by atoms with Crippen LogP contribution in [0.5, 0.6) is 0 Å². The first-order valence-electron chi connectivity index (χ1n) is 5.14. The second-order valence-corrected chi connectivity index (χ2v) is 6.28. The van der Waals surface area contributed by atoms with Gasteiger partial charge in [-0.3, -0.25) is 0 Å². The van der Waals surface area contributed by atoms with Crippen LogP contribution in [0.25, 0.3) is 0 Å². The lowest BCUT2D eigenvalue weighted by Gasteiger charge is -2.14. The fraction of sp³-hybridized carbons (Fsp3) is 0.0769. The molecule has 2 aromatic rings. The number of rotatable bonds is 2. The normalized spacial score (nSPS) is 12.5. The first kappa shape index (κ1) is 15.4. The Labute approximate surface area is 138 Å². The van der Waals surface area contributed by atoms with E-state index >= 15 is 0 Å². The minimum absolute atomic E-state index is 0.249. The molecule has 6 heteroatoms. The molecule has 0 fully saturated rings. The number of halogens is 6. The average Bonchev–Trinajstić information content (AvgIpc) is 2.36. The Kier molecular flexibility index (Phi) is 5.02. The lowest BCUT2D eigenvalue weighted by molar-refractivity contribution is 0.611. The lowest BCUT2D eigenvalue weighted by Crippen LogP contribution is -1.98. The largest absolute Gasteiger partial charge is 0.207 e. The zero-order chi connectivity index (χ0) is 14.2. The minimum atomic E-state index is -0.767. The predicted octanol–water partition coefficient (Wildman–Crippen LogP) is 6.88. The molecule has 0 saturated heterocycles. The Morgan fingerprint density at radius 3 is 2.37 bits per heavy atom. The number of alkyl halides is 1. The molecule has 19 heavy (non-hydrogen) atoms. The Hall–Kier alpha value is 0.01000. The Balaban J connectivity index is 2.53. The zero-order valence-corrected chi connectivity index (χ0v) is 13.8. The van der Waals surface area contributed by atoms with Crippen LogP contribution < -0.4 is 0 Å². The molecule has 0 spiro atoms. The quantitative estimate of drug-likeness (QED) is 0.379. The van der Waals surface area contributed by atoms with E-state index in [0.29, 0.717) is 25.1 Å². The van der Waals surface area contributed by atoms with Crippen LogP contribution in [0, 0.1) is 5.82 Å². The van der Waals surface area contributed by atoms with Crippen LogP contribution in [0.4, 0.5) is 4.39 Å². The van der Waals surface area contributed by atoms with Crippen molar-refractivity contribution in [3.63, 3.8) is 0 Å². The summed E-state index contributed by atoms with van der Waals surface area (Å²) in [5, 5.41) is 0.285. The van der Waals surface area contributed by atoms with Gasteiger partial charge < -0.3 is 0 Å². The summed E-state index contributed by atoms with van der Waals surface area (Å²) in [6, 6.07) is 7.78. The van der Waals surface area contributed by atoms with Crippen LogP contribution >= 0.6 is 62.3 Å². The summed E-state index contributed by atoms with van der Waals surface area (Å²) in [5.41, 5.74) is 0.784. The predicted molar refractivity (Wildman–Crippen MR) is 83.3 cm³/mol. The Morgan fingerprint density at radius 2 is 1.68 bits per heavy atom. The van der Waals surface area contributed by atoms with Crippen molar-refractivity contribution in [3.8, 4) is 0 Å². The Bertz CT molecular complexity index is 630. The van der Waals surface area contributed by atoms with Crippen molar-refractivity contribution in [2.24, 2.45) is 0 Å². The molecular formula is C13H6BrCl4F. The van der Waals surface area contributed by atoms with Gasteiger partial charge in [-0.2, -0.15) is 0 Å². The highest BCUT2D eigenvalue weighted by molar-refractivity contribution is 9.10. The van der Waals surface area contributed by atoms with E-state index in [-0.39, 0.29) is 5.56 Å². The van der Waals surface area contributed by atoms with E-state index in [2.05, 4.69) is 15.9 Å². The van der Waals surface area contributed by atoms with Crippen molar-refractivity contribution < 1.29 is 4.39 Å². The number of hydrogen-bond acceptors (Lipinski definition) is 0. The van der Waals surface area contributed by atoms with Crippen molar-refractivity contribution in [3.05, 3.63) is 66.8 Å². The van der Waals surface area contributed by atoms with Gasteiger partial charge in [-0.05, 0) is 39.7 Å². The van der Waals surface area contributed by atoms with E-state index in [1.54, 1.807) is 18.2 Å². The van der Waals surface area contributed by atoms with Gasteiger partial charge in [0.05, 0.1) is 20.4 Å².